The van der Waals surface area contributed by atoms with Gasteiger partial charge in [0.05, 0.1) is 29.8 Å². The van der Waals surface area contributed by atoms with Crippen LogP contribution in [0, 0.1) is 6.92 Å². The van der Waals surface area contributed by atoms with E-state index >= 15 is 0 Å². The lowest BCUT2D eigenvalue weighted by Gasteiger charge is -2.38. The standard InChI is InChI=1S/C16H27N7/c1-5-23-18-13(2)16(19-23)12-20(3)14-7-6-8-22(11-14)15-9-17-21(4)10-15/h9-10,14H,5-8,11-12H2,1-4H3. The van der Waals surface area contributed by atoms with Crippen LogP contribution in [0.3, 0.4) is 0 Å². The third-order valence-electron chi connectivity index (χ3n) is 4.68. The lowest BCUT2D eigenvalue weighted by Crippen LogP contribution is -2.46. The smallest absolute Gasteiger partial charge is 0.0996 e. The van der Waals surface area contributed by atoms with Crippen LogP contribution in [-0.4, -0.2) is 55.9 Å². The molecule has 1 atom stereocenters. The highest BCUT2D eigenvalue weighted by atomic mass is 15.5. The number of hydrogen-bond donors (Lipinski definition) is 0. The molecule has 0 aliphatic carbocycles. The van der Waals surface area contributed by atoms with Crippen molar-refractivity contribution in [3.05, 3.63) is 23.8 Å². The summed E-state index contributed by atoms with van der Waals surface area (Å²) in [7, 11) is 4.17. The molecule has 7 nitrogen and oxygen atoms in total. The predicted octanol–water partition coefficient (Wildman–Crippen LogP) is 1.44. The van der Waals surface area contributed by atoms with Gasteiger partial charge in [-0.05, 0) is 33.7 Å². The Hall–Kier alpha value is -1.89. The van der Waals surface area contributed by atoms with E-state index in [1.54, 1.807) is 4.80 Å². The first-order valence-corrected chi connectivity index (χ1v) is 8.41. The van der Waals surface area contributed by atoms with E-state index in [1.807, 2.05) is 24.9 Å². The van der Waals surface area contributed by atoms with Crippen molar-refractivity contribution < 1.29 is 0 Å². The van der Waals surface area contributed by atoms with Crippen molar-refractivity contribution in [3.8, 4) is 0 Å². The molecule has 3 heterocycles. The Kier molecular flexibility index (Phi) is 4.66. The van der Waals surface area contributed by atoms with Gasteiger partial charge in [0.1, 0.15) is 0 Å². The maximum atomic E-state index is 4.58. The third kappa shape index (κ3) is 3.55. The van der Waals surface area contributed by atoms with Crippen molar-refractivity contribution in [1.29, 1.82) is 0 Å². The number of likely N-dealkylation sites (N-methyl/N-ethyl adjacent to an activating group) is 1. The van der Waals surface area contributed by atoms with Crippen molar-refractivity contribution >= 4 is 5.69 Å². The second-order valence-electron chi connectivity index (χ2n) is 6.45. The lowest BCUT2D eigenvalue weighted by atomic mass is 10.0. The Morgan fingerprint density at radius 3 is 2.83 bits per heavy atom. The van der Waals surface area contributed by atoms with Crippen LogP contribution in [0.15, 0.2) is 12.4 Å². The Morgan fingerprint density at radius 2 is 2.17 bits per heavy atom. The first-order chi connectivity index (χ1) is 11.1. The van der Waals surface area contributed by atoms with Crippen LogP contribution in [0.5, 0.6) is 0 Å². The van der Waals surface area contributed by atoms with E-state index in [2.05, 4.69) is 45.3 Å². The summed E-state index contributed by atoms with van der Waals surface area (Å²) in [6, 6.07) is 0.537. The maximum absolute atomic E-state index is 4.58. The summed E-state index contributed by atoms with van der Waals surface area (Å²) in [6.07, 6.45) is 6.50. The molecule has 3 rings (SSSR count). The van der Waals surface area contributed by atoms with E-state index in [0.717, 1.165) is 37.6 Å². The van der Waals surface area contributed by atoms with Gasteiger partial charge in [-0.3, -0.25) is 9.58 Å². The van der Waals surface area contributed by atoms with E-state index in [4.69, 9.17) is 0 Å². The number of anilines is 1. The molecule has 1 aliphatic rings. The SMILES string of the molecule is CCn1nc(C)c(CN(C)C2CCCN(c3cnn(C)c3)C2)n1. The van der Waals surface area contributed by atoms with E-state index in [1.165, 1.54) is 18.5 Å². The maximum Gasteiger partial charge on any atom is 0.0996 e. The molecule has 0 radical (unpaired) electrons. The quantitative estimate of drug-likeness (QED) is 0.835. The number of aryl methyl sites for hydroxylation is 3. The van der Waals surface area contributed by atoms with Gasteiger partial charge >= 0.3 is 0 Å². The van der Waals surface area contributed by atoms with Crippen molar-refractivity contribution in [3.63, 3.8) is 0 Å². The largest absolute Gasteiger partial charge is 0.367 e. The molecule has 1 aliphatic heterocycles. The zero-order chi connectivity index (χ0) is 16.4. The van der Waals surface area contributed by atoms with Gasteiger partial charge in [-0.25, -0.2) is 0 Å². The van der Waals surface area contributed by atoms with Crippen LogP contribution < -0.4 is 4.90 Å². The summed E-state index contributed by atoms with van der Waals surface area (Å²) in [4.78, 5) is 6.63. The van der Waals surface area contributed by atoms with Gasteiger partial charge in [-0.15, -0.1) is 0 Å². The summed E-state index contributed by atoms with van der Waals surface area (Å²) >= 11 is 0. The average Bonchev–Trinajstić information content (AvgIpc) is 3.14. The Balaban J connectivity index is 1.64. The molecule has 0 saturated carbocycles. The zero-order valence-corrected chi connectivity index (χ0v) is 14.6. The van der Waals surface area contributed by atoms with Gasteiger partial charge < -0.3 is 4.90 Å². The molecular weight excluding hydrogens is 290 g/mol. The molecule has 7 heteroatoms. The van der Waals surface area contributed by atoms with Crippen LogP contribution in [0.1, 0.15) is 31.2 Å². The van der Waals surface area contributed by atoms with Gasteiger partial charge in [0.15, 0.2) is 0 Å². The Labute approximate surface area is 137 Å². The minimum Gasteiger partial charge on any atom is -0.367 e. The highest BCUT2D eigenvalue weighted by Crippen LogP contribution is 2.22. The van der Waals surface area contributed by atoms with Crippen molar-refractivity contribution in [2.45, 2.75) is 45.8 Å². The molecule has 0 bridgehead atoms. The minimum atomic E-state index is 0.537. The summed E-state index contributed by atoms with van der Waals surface area (Å²) in [5.74, 6) is 0. The number of piperidine rings is 1. The highest BCUT2D eigenvalue weighted by Gasteiger charge is 2.25. The molecule has 23 heavy (non-hydrogen) atoms. The molecule has 0 spiro atoms. The van der Waals surface area contributed by atoms with Crippen molar-refractivity contribution in [2.75, 3.05) is 25.0 Å². The number of hydrogen-bond acceptors (Lipinski definition) is 5. The topological polar surface area (TPSA) is 55.0 Å². The number of nitrogens with zero attached hydrogens (tertiary/aromatic N) is 7. The molecule has 2 aromatic heterocycles. The fraction of sp³-hybridized carbons (Fsp3) is 0.688. The van der Waals surface area contributed by atoms with Gasteiger partial charge in [0.25, 0.3) is 0 Å². The summed E-state index contributed by atoms with van der Waals surface area (Å²) in [5.41, 5.74) is 3.35. The van der Waals surface area contributed by atoms with Crippen LogP contribution in [0.2, 0.25) is 0 Å². The molecule has 126 valence electrons. The molecule has 0 amide bonds. The van der Waals surface area contributed by atoms with Crippen LogP contribution >= 0.6 is 0 Å². The fourth-order valence-corrected chi connectivity index (χ4v) is 3.24. The molecule has 1 saturated heterocycles. The Bertz CT molecular complexity index is 645. The zero-order valence-electron chi connectivity index (χ0n) is 14.6. The first-order valence-electron chi connectivity index (χ1n) is 8.41. The number of rotatable bonds is 5. The summed E-state index contributed by atoms with van der Waals surface area (Å²) < 4.78 is 1.87. The molecule has 2 aromatic rings. The third-order valence-corrected chi connectivity index (χ3v) is 4.68. The van der Waals surface area contributed by atoms with Gasteiger partial charge in [0.2, 0.25) is 0 Å². The van der Waals surface area contributed by atoms with E-state index in [0.29, 0.717) is 6.04 Å². The van der Waals surface area contributed by atoms with Gasteiger partial charge in [-0.1, -0.05) is 0 Å². The lowest BCUT2D eigenvalue weighted by molar-refractivity contribution is 0.205. The van der Waals surface area contributed by atoms with Gasteiger partial charge in [-0.2, -0.15) is 20.1 Å². The van der Waals surface area contributed by atoms with Crippen LogP contribution in [0.4, 0.5) is 5.69 Å². The van der Waals surface area contributed by atoms with E-state index in [9.17, 15) is 0 Å². The van der Waals surface area contributed by atoms with E-state index < -0.39 is 0 Å². The molecule has 0 aromatic carbocycles. The second-order valence-corrected chi connectivity index (χ2v) is 6.45. The fourth-order valence-electron chi connectivity index (χ4n) is 3.24. The van der Waals surface area contributed by atoms with Crippen molar-refractivity contribution in [1.82, 2.24) is 29.7 Å². The Morgan fingerprint density at radius 1 is 1.35 bits per heavy atom. The minimum absolute atomic E-state index is 0.537. The van der Waals surface area contributed by atoms with Crippen molar-refractivity contribution in [2.24, 2.45) is 7.05 Å². The molecular formula is C16H27N7. The normalized spacial score (nSPS) is 18.8. The average molecular weight is 317 g/mol. The molecule has 1 unspecified atom stereocenters. The van der Waals surface area contributed by atoms with Crippen LogP contribution in [0.25, 0.3) is 0 Å². The first kappa shape index (κ1) is 16.0. The predicted molar refractivity (Wildman–Crippen MR) is 90.3 cm³/mol. The second kappa shape index (κ2) is 6.70. The van der Waals surface area contributed by atoms with Gasteiger partial charge in [0, 0.05) is 38.9 Å². The summed E-state index contributed by atoms with van der Waals surface area (Å²) in [6.45, 7) is 7.95. The molecule has 0 N–H and O–H groups in total. The number of aromatic nitrogens is 5. The monoisotopic (exact) mass is 317 g/mol. The van der Waals surface area contributed by atoms with Crippen LogP contribution in [-0.2, 0) is 20.1 Å². The highest BCUT2D eigenvalue weighted by molar-refractivity contribution is 5.43. The van der Waals surface area contributed by atoms with E-state index in [-0.39, 0.29) is 0 Å². The molecule has 1 fully saturated rings. The summed E-state index contributed by atoms with van der Waals surface area (Å²) in [5, 5.41) is 13.3.